The van der Waals surface area contributed by atoms with E-state index in [1.165, 1.54) is 0 Å². The molecule has 0 saturated carbocycles. The number of benzene rings is 1. The number of rotatable bonds is 11. The summed E-state index contributed by atoms with van der Waals surface area (Å²) in [4.78, 5) is 28.9. The molecule has 0 saturated heterocycles. The Kier molecular flexibility index (Phi) is 10.7. The van der Waals surface area contributed by atoms with Crippen LogP contribution in [0.4, 0.5) is 0 Å². The Hall–Kier alpha value is -2.77. The normalized spacial score (nSPS) is 12.6. The highest BCUT2D eigenvalue weighted by molar-refractivity contribution is 5.97. The summed E-state index contributed by atoms with van der Waals surface area (Å²) < 4.78 is 10.5. The Bertz CT molecular complexity index is 732. The summed E-state index contributed by atoms with van der Waals surface area (Å²) in [6, 6.07) is 4.98. The number of carbonyl (C=O) groups excluding carboxylic acids is 2. The maximum absolute atomic E-state index is 12.4. The Labute approximate surface area is 179 Å². The van der Waals surface area contributed by atoms with Crippen LogP contribution in [0.2, 0.25) is 0 Å². The van der Waals surface area contributed by atoms with Gasteiger partial charge in [-0.15, -0.1) is 0 Å². The van der Waals surface area contributed by atoms with E-state index in [-0.39, 0.29) is 36.7 Å². The smallest absolute Gasteiger partial charge is 0.231 e. The summed E-state index contributed by atoms with van der Waals surface area (Å²) in [6.07, 6.45) is 1.04. The third-order valence-corrected chi connectivity index (χ3v) is 4.27. The molecule has 1 atom stereocenters. The molecule has 30 heavy (non-hydrogen) atoms. The molecule has 2 amide bonds. The van der Waals surface area contributed by atoms with Crippen molar-refractivity contribution in [1.82, 2.24) is 10.6 Å². The van der Waals surface area contributed by atoms with E-state index >= 15 is 0 Å². The van der Waals surface area contributed by atoms with Crippen molar-refractivity contribution in [3.05, 3.63) is 23.8 Å². The number of carbonyl (C=O) groups is 2. The van der Waals surface area contributed by atoms with Crippen LogP contribution in [0.25, 0.3) is 0 Å². The Morgan fingerprint density at radius 3 is 2.27 bits per heavy atom. The lowest BCUT2D eigenvalue weighted by Crippen LogP contribution is -2.39. The van der Waals surface area contributed by atoms with Crippen LogP contribution in [-0.4, -0.2) is 44.6 Å². The molecule has 1 aromatic carbocycles. The van der Waals surface area contributed by atoms with E-state index in [1.807, 2.05) is 13.8 Å². The summed E-state index contributed by atoms with van der Waals surface area (Å²) in [6.45, 7) is 8.81. The number of methoxy groups -OCH3 is 2. The predicted octanol–water partition coefficient (Wildman–Crippen LogP) is 2.25. The van der Waals surface area contributed by atoms with Crippen LogP contribution in [0.1, 0.15) is 46.1 Å². The zero-order chi connectivity index (χ0) is 22.7. The predicted molar refractivity (Wildman–Crippen MR) is 119 cm³/mol. The molecule has 168 valence electrons. The van der Waals surface area contributed by atoms with Gasteiger partial charge in [-0.05, 0) is 36.0 Å². The summed E-state index contributed by atoms with van der Waals surface area (Å²) in [5.74, 6) is 1.51. The number of nitrogens with two attached hydrogens (primary N) is 1. The van der Waals surface area contributed by atoms with Gasteiger partial charge in [-0.2, -0.15) is 0 Å². The lowest BCUT2D eigenvalue weighted by Gasteiger charge is -2.16. The van der Waals surface area contributed by atoms with Crippen LogP contribution in [-0.2, 0) is 16.0 Å². The first-order valence-corrected chi connectivity index (χ1v) is 10.2. The first kappa shape index (κ1) is 25.3. The van der Waals surface area contributed by atoms with Gasteiger partial charge in [-0.3, -0.25) is 14.9 Å². The standard InChI is InChI=1S/C22H36N4O4/c1-14(2)9-17(12-20(27)24-13-15(3)4)25-22(23)26-21(28)11-16-7-8-18(29-5)19(10-16)30-6/h7-8,10,14-15,17H,9,11-13H2,1-6H3,(H,24,27)(H3,23,25,26,28)/t17-/m1/s1. The van der Waals surface area contributed by atoms with Crippen LogP contribution in [0.3, 0.4) is 0 Å². The highest BCUT2D eigenvalue weighted by atomic mass is 16.5. The molecule has 4 N–H and O–H groups in total. The molecular weight excluding hydrogens is 384 g/mol. The van der Waals surface area contributed by atoms with E-state index in [0.29, 0.717) is 36.3 Å². The van der Waals surface area contributed by atoms with Gasteiger partial charge in [0.2, 0.25) is 11.8 Å². The highest BCUT2D eigenvalue weighted by Gasteiger charge is 2.16. The topological polar surface area (TPSA) is 115 Å². The minimum Gasteiger partial charge on any atom is -0.493 e. The molecule has 0 aromatic heterocycles. The average molecular weight is 421 g/mol. The SMILES string of the molecule is COc1ccc(CC(=O)NC(N)=N[C@@H](CC(=O)NCC(C)C)CC(C)C)cc1OC. The van der Waals surface area contributed by atoms with Gasteiger partial charge >= 0.3 is 0 Å². The largest absolute Gasteiger partial charge is 0.493 e. The van der Waals surface area contributed by atoms with Crippen molar-refractivity contribution in [1.29, 1.82) is 0 Å². The van der Waals surface area contributed by atoms with Crippen molar-refractivity contribution in [3.63, 3.8) is 0 Å². The Balaban J connectivity index is 2.73. The van der Waals surface area contributed by atoms with Crippen molar-refractivity contribution in [3.8, 4) is 11.5 Å². The molecule has 0 spiro atoms. The molecule has 0 radical (unpaired) electrons. The molecule has 1 aromatic rings. The number of guanidine groups is 1. The molecule has 0 unspecified atom stereocenters. The second-order valence-corrected chi connectivity index (χ2v) is 8.11. The van der Waals surface area contributed by atoms with E-state index in [4.69, 9.17) is 15.2 Å². The van der Waals surface area contributed by atoms with Crippen molar-refractivity contribution < 1.29 is 19.1 Å². The van der Waals surface area contributed by atoms with Gasteiger partial charge < -0.3 is 20.5 Å². The molecule has 8 nitrogen and oxygen atoms in total. The molecule has 0 bridgehead atoms. The van der Waals surface area contributed by atoms with Gasteiger partial charge in [0.1, 0.15) is 0 Å². The zero-order valence-corrected chi connectivity index (χ0v) is 19.0. The Morgan fingerprint density at radius 2 is 1.70 bits per heavy atom. The molecule has 0 aliphatic heterocycles. The maximum atomic E-state index is 12.4. The van der Waals surface area contributed by atoms with Crippen LogP contribution in [0.15, 0.2) is 23.2 Å². The van der Waals surface area contributed by atoms with Gasteiger partial charge in [-0.1, -0.05) is 33.8 Å². The molecule has 0 fully saturated rings. The lowest BCUT2D eigenvalue weighted by atomic mass is 10.0. The van der Waals surface area contributed by atoms with E-state index < -0.39 is 0 Å². The van der Waals surface area contributed by atoms with Gasteiger partial charge in [0.15, 0.2) is 17.5 Å². The number of nitrogens with one attached hydrogen (secondary N) is 2. The lowest BCUT2D eigenvalue weighted by molar-refractivity contribution is -0.121. The molecule has 0 heterocycles. The van der Waals surface area contributed by atoms with Crippen molar-refractivity contribution >= 4 is 17.8 Å². The van der Waals surface area contributed by atoms with Gasteiger partial charge in [-0.25, -0.2) is 4.99 Å². The van der Waals surface area contributed by atoms with Gasteiger partial charge in [0.05, 0.1) is 26.7 Å². The van der Waals surface area contributed by atoms with Gasteiger partial charge in [0, 0.05) is 13.0 Å². The second-order valence-electron chi connectivity index (χ2n) is 8.11. The van der Waals surface area contributed by atoms with Crippen LogP contribution in [0, 0.1) is 11.8 Å². The molecule has 1 rings (SSSR count). The van der Waals surface area contributed by atoms with Crippen molar-refractivity contribution in [2.75, 3.05) is 20.8 Å². The third-order valence-electron chi connectivity index (χ3n) is 4.27. The van der Waals surface area contributed by atoms with Crippen LogP contribution in [0.5, 0.6) is 11.5 Å². The van der Waals surface area contributed by atoms with E-state index in [1.54, 1.807) is 32.4 Å². The number of hydrogen-bond acceptors (Lipinski definition) is 5. The summed E-state index contributed by atoms with van der Waals surface area (Å²) in [5, 5.41) is 5.50. The minimum absolute atomic E-state index is 0.0165. The fourth-order valence-corrected chi connectivity index (χ4v) is 2.92. The minimum atomic E-state index is -0.295. The fraction of sp³-hybridized carbons (Fsp3) is 0.591. The number of hydrogen-bond donors (Lipinski definition) is 3. The van der Waals surface area contributed by atoms with Crippen molar-refractivity contribution in [2.45, 2.75) is 53.0 Å². The number of nitrogens with zero attached hydrogens (tertiary/aromatic N) is 1. The molecule has 0 aliphatic carbocycles. The van der Waals surface area contributed by atoms with Gasteiger partial charge in [0.25, 0.3) is 0 Å². The summed E-state index contributed by atoms with van der Waals surface area (Å²) in [5.41, 5.74) is 6.70. The molecular formula is C22H36N4O4. The zero-order valence-electron chi connectivity index (χ0n) is 19.0. The molecule has 0 aliphatic rings. The second kappa shape index (κ2) is 12.7. The average Bonchev–Trinajstić information content (AvgIpc) is 2.65. The first-order chi connectivity index (χ1) is 14.1. The number of ether oxygens (including phenoxy) is 2. The molecule has 8 heteroatoms. The number of amides is 2. The third kappa shape index (κ3) is 9.62. The van der Waals surface area contributed by atoms with Crippen LogP contribution < -0.4 is 25.8 Å². The summed E-state index contributed by atoms with van der Waals surface area (Å²) >= 11 is 0. The number of aliphatic imine (C=N–C) groups is 1. The quantitative estimate of drug-likeness (QED) is 0.375. The van der Waals surface area contributed by atoms with Crippen LogP contribution >= 0.6 is 0 Å². The monoisotopic (exact) mass is 420 g/mol. The Morgan fingerprint density at radius 1 is 1.03 bits per heavy atom. The van der Waals surface area contributed by atoms with E-state index in [2.05, 4.69) is 29.5 Å². The fourth-order valence-electron chi connectivity index (χ4n) is 2.92. The van der Waals surface area contributed by atoms with E-state index in [9.17, 15) is 9.59 Å². The highest BCUT2D eigenvalue weighted by Crippen LogP contribution is 2.27. The first-order valence-electron chi connectivity index (χ1n) is 10.2. The van der Waals surface area contributed by atoms with Crippen molar-refractivity contribution in [2.24, 2.45) is 22.6 Å². The maximum Gasteiger partial charge on any atom is 0.231 e. The van der Waals surface area contributed by atoms with E-state index in [0.717, 1.165) is 5.56 Å². The summed E-state index contributed by atoms with van der Waals surface area (Å²) in [7, 11) is 3.09.